The van der Waals surface area contributed by atoms with Gasteiger partial charge in [-0.15, -0.1) is 0 Å². The molecule has 4 nitrogen and oxygen atoms in total. The number of likely N-dealkylation sites (N-methyl/N-ethyl adjacent to an activating group) is 1. The zero-order chi connectivity index (χ0) is 14.4. The van der Waals surface area contributed by atoms with Gasteiger partial charge in [0, 0.05) is 25.2 Å². The Bertz CT molecular complexity index is 435. The van der Waals surface area contributed by atoms with Gasteiger partial charge >= 0.3 is 0 Å². The van der Waals surface area contributed by atoms with Crippen molar-refractivity contribution in [1.82, 2.24) is 10.2 Å². The van der Waals surface area contributed by atoms with Crippen molar-refractivity contribution in [1.29, 1.82) is 0 Å². The highest BCUT2D eigenvalue weighted by molar-refractivity contribution is 5.78. The molecule has 0 aliphatic heterocycles. The molecule has 0 aromatic heterocycles. The molecule has 0 bridgehead atoms. The van der Waals surface area contributed by atoms with Crippen molar-refractivity contribution in [3.05, 3.63) is 29.6 Å². The molecular weight excluding hydrogens is 247 g/mol. The second-order valence-electron chi connectivity index (χ2n) is 4.74. The summed E-state index contributed by atoms with van der Waals surface area (Å²) in [7, 11) is 3.22. The van der Waals surface area contributed by atoms with Crippen molar-refractivity contribution in [2.24, 2.45) is 0 Å². The zero-order valence-electron chi connectivity index (χ0n) is 11.9. The molecule has 0 spiro atoms. The van der Waals surface area contributed by atoms with Crippen LogP contribution in [0, 0.1) is 5.82 Å². The zero-order valence-corrected chi connectivity index (χ0v) is 11.9. The number of benzene rings is 1. The van der Waals surface area contributed by atoms with Crippen molar-refractivity contribution < 1.29 is 13.9 Å². The van der Waals surface area contributed by atoms with Gasteiger partial charge in [-0.1, -0.05) is 13.8 Å². The van der Waals surface area contributed by atoms with Crippen LogP contribution < -0.4 is 10.1 Å². The third kappa shape index (κ3) is 4.87. The quantitative estimate of drug-likeness (QED) is 0.855. The van der Waals surface area contributed by atoms with Gasteiger partial charge in [-0.05, 0) is 18.2 Å². The third-order valence-electron chi connectivity index (χ3n) is 2.74. The van der Waals surface area contributed by atoms with Crippen LogP contribution in [0.1, 0.15) is 19.4 Å². The summed E-state index contributed by atoms with van der Waals surface area (Å²) in [6, 6.07) is 4.54. The lowest BCUT2D eigenvalue weighted by Gasteiger charge is -2.20. The Balaban J connectivity index is 2.68. The summed E-state index contributed by atoms with van der Waals surface area (Å²) in [5.74, 6) is 0.204. The van der Waals surface area contributed by atoms with Crippen molar-refractivity contribution in [2.75, 3.05) is 20.7 Å². The number of methoxy groups -OCH3 is 1. The van der Waals surface area contributed by atoms with E-state index in [0.29, 0.717) is 17.9 Å². The highest BCUT2D eigenvalue weighted by atomic mass is 19.1. The van der Waals surface area contributed by atoms with Crippen molar-refractivity contribution in [3.8, 4) is 5.75 Å². The minimum Gasteiger partial charge on any atom is -0.496 e. The van der Waals surface area contributed by atoms with Gasteiger partial charge in [0.2, 0.25) is 5.91 Å². The molecule has 0 saturated carbocycles. The number of hydrogen-bond donors (Lipinski definition) is 1. The Morgan fingerprint density at radius 3 is 2.74 bits per heavy atom. The molecule has 0 fully saturated rings. The normalized spacial score (nSPS) is 10.6. The van der Waals surface area contributed by atoms with Crippen molar-refractivity contribution in [2.45, 2.75) is 26.4 Å². The number of nitrogens with one attached hydrogen (secondary N) is 1. The van der Waals surface area contributed by atoms with Crippen LogP contribution in [0.15, 0.2) is 18.2 Å². The van der Waals surface area contributed by atoms with E-state index in [1.165, 1.54) is 19.2 Å². The molecule has 19 heavy (non-hydrogen) atoms. The van der Waals surface area contributed by atoms with E-state index in [9.17, 15) is 9.18 Å². The van der Waals surface area contributed by atoms with Crippen molar-refractivity contribution >= 4 is 5.91 Å². The van der Waals surface area contributed by atoms with E-state index in [1.807, 2.05) is 13.8 Å². The lowest BCUT2D eigenvalue weighted by Crippen LogP contribution is -2.37. The summed E-state index contributed by atoms with van der Waals surface area (Å²) in [5, 5.41) is 3.06. The highest BCUT2D eigenvalue weighted by Crippen LogP contribution is 2.20. The molecule has 0 unspecified atom stereocenters. The number of rotatable bonds is 6. The Labute approximate surface area is 113 Å². The summed E-state index contributed by atoms with van der Waals surface area (Å²) >= 11 is 0. The Kier molecular flexibility index (Phi) is 5.76. The summed E-state index contributed by atoms with van der Waals surface area (Å²) < 4.78 is 18.4. The van der Waals surface area contributed by atoms with Crippen LogP contribution in [-0.2, 0) is 11.3 Å². The summed E-state index contributed by atoms with van der Waals surface area (Å²) in [6.45, 7) is 4.54. The molecule has 1 N–H and O–H groups in total. The number of nitrogens with zero attached hydrogens (tertiary/aromatic N) is 1. The third-order valence-corrected chi connectivity index (χ3v) is 2.74. The predicted molar refractivity (Wildman–Crippen MR) is 72.6 cm³/mol. The van der Waals surface area contributed by atoms with Gasteiger partial charge < -0.3 is 15.0 Å². The fourth-order valence-corrected chi connectivity index (χ4v) is 1.64. The molecule has 0 aliphatic rings. The van der Waals surface area contributed by atoms with E-state index in [4.69, 9.17) is 4.74 Å². The fourth-order valence-electron chi connectivity index (χ4n) is 1.64. The predicted octanol–water partition coefficient (Wildman–Crippen LogP) is 1.79. The molecule has 5 heteroatoms. The molecule has 1 aromatic rings. The first-order valence-electron chi connectivity index (χ1n) is 6.23. The van der Waals surface area contributed by atoms with Crippen LogP contribution in [-0.4, -0.2) is 37.6 Å². The molecule has 106 valence electrons. The first kappa shape index (κ1) is 15.4. The van der Waals surface area contributed by atoms with Gasteiger partial charge in [0.15, 0.2) is 0 Å². The van der Waals surface area contributed by atoms with Gasteiger partial charge in [-0.2, -0.15) is 0 Å². The largest absolute Gasteiger partial charge is 0.496 e. The van der Waals surface area contributed by atoms with Crippen molar-refractivity contribution in [3.63, 3.8) is 0 Å². The van der Waals surface area contributed by atoms with Gasteiger partial charge in [-0.25, -0.2) is 4.39 Å². The summed E-state index contributed by atoms with van der Waals surface area (Å²) in [4.78, 5) is 13.4. The molecule has 1 rings (SSSR count). The minimum atomic E-state index is -0.336. The minimum absolute atomic E-state index is 0.0417. The fraction of sp³-hybridized carbons (Fsp3) is 0.500. The highest BCUT2D eigenvalue weighted by Gasteiger charge is 2.12. The standard InChI is InChI=1S/C14H21FN2O2/c1-10(2)16-8-14(18)17(3)9-11-7-12(15)5-6-13(11)19-4/h5-7,10,16H,8-9H2,1-4H3. The topological polar surface area (TPSA) is 41.6 Å². The number of ether oxygens (including phenoxy) is 1. The second kappa shape index (κ2) is 7.09. The lowest BCUT2D eigenvalue weighted by molar-refractivity contribution is -0.129. The van der Waals surface area contributed by atoms with E-state index in [0.717, 1.165) is 0 Å². The molecule has 0 heterocycles. The molecule has 1 aromatic carbocycles. The van der Waals surface area contributed by atoms with E-state index >= 15 is 0 Å². The van der Waals surface area contributed by atoms with E-state index in [1.54, 1.807) is 18.0 Å². The first-order valence-corrected chi connectivity index (χ1v) is 6.23. The van der Waals surface area contributed by atoms with Crippen LogP contribution in [0.2, 0.25) is 0 Å². The van der Waals surface area contributed by atoms with Gasteiger partial charge in [-0.3, -0.25) is 4.79 Å². The number of carbonyl (C=O) groups excluding carboxylic acids is 1. The average Bonchev–Trinajstić information content (AvgIpc) is 2.36. The Morgan fingerprint density at radius 2 is 2.16 bits per heavy atom. The number of hydrogen-bond acceptors (Lipinski definition) is 3. The molecule has 0 saturated heterocycles. The number of halogens is 1. The molecular formula is C14H21FN2O2. The van der Waals surface area contributed by atoms with E-state index in [-0.39, 0.29) is 24.3 Å². The lowest BCUT2D eigenvalue weighted by atomic mass is 10.2. The monoisotopic (exact) mass is 268 g/mol. The van der Waals surface area contributed by atoms with E-state index in [2.05, 4.69) is 5.32 Å². The first-order chi connectivity index (χ1) is 8.93. The Morgan fingerprint density at radius 1 is 1.47 bits per heavy atom. The maximum Gasteiger partial charge on any atom is 0.236 e. The summed E-state index contributed by atoms with van der Waals surface area (Å²) in [6.07, 6.45) is 0. The SMILES string of the molecule is COc1ccc(F)cc1CN(C)C(=O)CNC(C)C. The van der Waals surface area contributed by atoms with Gasteiger partial charge in [0.05, 0.1) is 13.7 Å². The van der Waals surface area contributed by atoms with Crippen LogP contribution in [0.4, 0.5) is 4.39 Å². The Hall–Kier alpha value is -1.62. The average molecular weight is 268 g/mol. The molecule has 0 radical (unpaired) electrons. The van der Waals surface area contributed by atoms with Gasteiger partial charge in [0.25, 0.3) is 0 Å². The smallest absolute Gasteiger partial charge is 0.236 e. The van der Waals surface area contributed by atoms with Crippen LogP contribution in [0.5, 0.6) is 5.75 Å². The van der Waals surface area contributed by atoms with Crippen LogP contribution >= 0.6 is 0 Å². The van der Waals surface area contributed by atoms with Crippen LogP contribution in [0.25, 0.3) is 0 Å². The second-order valence-corrected chi connectivity index (χ2v) is 4.74. The van der Waals surface area contributed by atoms with Crippen LogP contribution in [0.3, 0.4) is 0 Å². The number of amides is 1. The summed E-state index contributed by atoms with van der Waals surface area (Å²) in [5.41, 5.74) is 0.655. The molecule has 1 amide bonds. The number of carbonyl (C=O) groups is 1. The van der Waals surface area contributed by atoms with E-state index < -0.39 is 0 Å². The molecule has 0 aliphatic carbocycles. The maximum absolute atomic E-state index is 13.2. The molecule has 0 atom stereocenters. The van der Waals surface area contributed by atoms with Gasteiger partial charge in [0.1, 0.15) is 11.6 Å². The maximum atomic E-state index is 13.2.